The molecule has 3 aromatic rings. The molecule has 0 radical (unpaired) electrons. The van der Waals surface area contributed by atoms with Crippen LogP contribution in [-0.2, 0) is 4.79 Å². The molecule has 1 aliphatic heterocycles. The molecule has 1 saturated heterocycles. The summed E-state index contributed by atoms with van der Waals surface area (Å²) in [4.78, 5) is 33.5. The molecule has 2 amide bonds. The maximum atomic E-state index is 13.7. The minimum absolute atomic E-state index is 0.154. The van der Waals surface area contributed by atoms with Crippen LogP contribution in [0.4, 0.5) is 11.4 Å². The number of nitrogens with one attached hydrogen (secondary N) is 2. The van der Waals surface area contributed by atoms with Crippen molar-refractivity contribution in [3.63, 3.8) is 0 Å². The largest absolute Gasteiger partial charge is 0.342 e. The van der Waals surface area contributed by atoms with Crippen LogP contribution < -0.4 is 10.6 Å². The molecule has 4 rings (SSSR count). The first-order valence-electron chi connectivity index (χ1n) is 11.7. The van der Waals surface area contributed by atoms with Crippen LogP contribution in [-0.4, -0.2) is 41.7 Å². The highest BCUT2D eigenvalue weighted by Gasteiger charge is 2.32. The van der Waals surface area contributed by atoms with Crippen molar-refractivity contribution in [2.75, 3.05) is 18.4 Å². The Morgan fingerprint density at radius 2 is 1.44 bits per heavy atom. The molecule has 0 saturated carbocycles. The van der Waals surface area contributed by atoms with Crippen LogP contribution in [0, 0.1) is 6.92 Å². The molecular weight excluding hydrogens is 424 g/mol. The molecule has 1 atom stereocenters. The highest BCUT2D eigenvalue weighted by atomic mass is 16.2. The molecule has 6 heteroatoms. The average molecular weight is 455 g/mol. The van der Waals surface area contributed by atoms with E-state index in [2.05, 4.69) is 10.6 Å². The second-order valence-electron chi connectivity index (χ2n) is 8.48. The van der Waals surface area contributed by atoms with E-state index in [4.69, 9.17) is 4.99 Å². The van der Waals surface area contributed by atoms with Crippen LogP contribution >= 0.6 is 0 Å². The van der Waals surface area contributed by atoms with Gasteiger partial charge in [0.2, 0.25) is 0 Å². The van der Waals surface area contributed by atoms with Gasteiger partial charge in [0, 0.05) is 24.3 Å². The molecule has 0 unspecified atom stereocenters. The van der Waals surface area contributed by atoms with Crippen molar-refractivity contribution in [1.82, 2.24) is 10.2 Å². The zero-order chi connectivity index (χ0) is 23.8. The van der Waals surface area contributed by atoms with Crippen molar-refractivity contribution in [2.24, 2.45) is 4.99 Å². The summed E-state index contributed by atoms with van der Waals surface area (Å²) >= 11 is 0. The maximum absolute atomic E-state index is 13.7. The van der Waals surface area contributed by atoms with Gasteiger partial charge < -0.3 is 15.5 Å². The molecule has 0 aliphatic carbocycles. The van der Waals surface area contributed by atoms with Crippen LogP contribution in [0.3, 0.4) is 0 Å². The Hall–Kier alpha value is -3.93. The molecule has 3 aromatic carbocycles. The fourth-order valence-corrected chi connectivity index (χ4v) is 3.94. The topological polar surface area (TPSA) is 73.8 Å². The lowest BCUT2D eigenvalue weighted by atomic mass is 10.1. The minimum Gasteiger partial charge on any atom is -0.342 e. The number of carbonyl (C=O) groups is 2. The zero-order valence-electron chi connectivity index (χ0n) is 19.4. The monoisotopic (exact) mass is 454 g/mol. The number of carbonyl (C=O) groups excluding carboxylic acids is 2. The third kappa shape index (κ3) is 6.10. The number of benzene rings is 3. The maximum Gasteiger partial charge on any atom is 0.253 e. The van der Waals surface area contributed by atoms with Gasteiger partial charge in [0.15, 0.2) is 6.04 Å². The molecule has 0 spiro atoms. The van der Waals surface area contributed by atoms with Crippen molar-refractivity contribution in [1.29, 1.82) is 0 Å². The van der Waals surface area contributed by atoms with E-state index in [1.54, 1.807) is 12.1 Å². The highest BCUT2D eigenvalue weighted by Crippen LogP contribution is 2.17. The van der Waals surface area contributed by atoms with Gasteiger partial charge in [0.1, 0.15) is 5.84 Å². The van der Waals surface area contributed by atoms with Gasteiger partial charge in [-0.1, -0.05) is 54.1 Å². The number of rotatable bonds is 6. The van der Waals surface area contributed by atoms with Gasteiger partial charge in [-0.3, -0.25) is 9.59 Å². The summed E-state index contributed by atoms with van der Waals surface area (Å²) < 4.78 is 0. The Bertz CT molecular complexity index is 1120. The van der Waals surface area contributed by atoms with E-state index in [0.717, 1.165) is 30.5 Å². The summed E-state index contributed by atoms with van der Waals surface area (Å²) in [6.07, 6.45) is 3.03. The fourth-order valence-electron chi connectivity index (χ4n) is 3.94. The van der Waals surface area contributed by atoms with Crippen LogP contribution in [0.25, 0.3) is 0 Å². The number of nitrogens with zero attached hydrogens (tertiary/aromatic N) is 2. The Morgan fingerprint density at radius 1 is 0.824 bits per heavy atom. The Labute approximate surface area is 200 Å². The van der Waals surface area contributed by atoms with E-state index in [9.17, 15) is 9.59 Å². The molecule has 34 heavy (non-hydrogen) atoms. The number of likely N-dealkylation sites (tertiary alicyclic amines) is 1. The van der Waals surface area contributed by atoms with Crippen molar-refractivity contribution in [3.8, 4) is 0 Å². The first kappa shape index (κ1) is 23.2. The van der Waals surface area contributed by atoms with E-state index in [-0.39, 0.29) is 11.8 Å². The van der Waals surface area contributed by atoms with Crippen molar-refractivity contribution in [2.45, 2.75) is 32.2 Å². The zero-order valence-corrected chi connectivity index (χ0v) is 19.4. The fraction of sp³-hybridized carbons (Fsp3) is 0.250. The number of hydrogen-bond acceptors (Lipinski definition) is 3. The number of aliphatic imine (C=N–C) groups is 1. The van der Waals surface area contributed by atoms with Crippen LogP contribution in [0.1, 0.15) is 35.2 Å². The van der Waals surface area contributed by atoms with Gasteiger partial charge in [-0.15, -0.1) is 0 Å². The molecule has 1 aliphatic rings. The van der Waals surface area contributed by atoms with Gasteiger partial charge in [0.25, 0.3) is 11.8 Å². The van der Waals surface area contributed by atoms with Crippen molar-refractivity contribution >= 4 is 29.0 Å². The van der Waals surface area contributed by atoms with Gasteiger partial charge in [-0.25, -0.2) is 4.99 Å². The highest BCUT2D eigenvalue weighted by molar-refractivity contribution is 6.16. The van der Waals surface area contributed by atoms with E-state index in [1.165, 1.54) is 0 Å². The van der Waals surface area contributed by atoms with E-state index in [0.29, 0.717) is 30.2 Å². The number of hydrogen-bond donors (Lipinski definition) is 2. The van der Waals surface area contributed by atoms with Crippen molar-refractivity contribution < 1.29 is 9.59 Å². The molecular formula is C28H30N4O2. The lowest BCUT2D eigenvalue weighted by molar-refractivity contribution is -0.132. The van der Waals surface area contributed by atoms with E-state index >= 15 is 0 Å². The molecule has 0 bridgehead atoms. The first-order valence-corrected chi connectivity index (χ1v) is 11.7. The first-order chi connectivity index (χ1) is 16.6. The summed E-state index contributed by atoms with van der Waals surface area (Å²) in [5, 5.41) is 6.27. The summed E-state index contributed by atoms with van der Waals surface area (Å²) in [5.74, 6) is -0.0855. The predicted molar refractivity (Wildman–Crippen MR) is 136 cm³/mol. The minimum atomic E-state index is -0.952. The van der Waals surface area contributed by atoms with Crippen molar-refractivity contribution in [3.05, 3.63) is 96.1 Å². The molecule has 0 aromatic heterocycles. The van der Waals surface area contributed by atoms with Crippen LogP contribution in [0.2, 0.25) is 0 Å². The SMILES string of the molecule is Cc1ccc(C(=O)N[C@@H](C(=O)N2CCCCC2)C(=Nc2ccccc2)Nc2ccccc2)cc1. The normalized spacial score (nSPS) is 14.9. The van der Waals surface area contributed by atoms with Crippen LogP contribution in [0.15, 0.2) is 89.9 Å². The molecule has 1 heterocycles. The molecule has 6 nitrogen and oxygen atoms in total. The number of aryl methyl sites for hydroxylation is 1. The second kappa shape index (κ2) is 11.3. The Morgan fingerprint density at radius 3 is 2.09 bits per heavy atom. The number of piperidine rings is 1. The summed E-state index contributed by atoms with van der Waals surface area (Å²) in [6, 6.07) is 25.4. The summed E-state index contributed by atoms with van der Waals surface area (Å²) in [5.41, 5.74) is 3.05. The Balaban J connectivity index is 1.71. The Kier molecular flexibility index (Phi) is 7.71. The summed E-state index contributed by atoms with van der Waals surface area (Å²) in [6.45, 7) is 3.33. The van der Waals surface area contributed by atoms with E-state index in [1.807, 2.05) is 84.6 Å². The van der Waals surface area contributed by atoms with Crippen LogP contribution in [0.5, 0.6) is 0 Å². The predicted octanol–water partition coefficient (Wildman–Crippen LogP) is 4.95. The number of amides is 2. The quantitative estimate of drug-likeness (QED) is 0.409. The molecule has 2 N–H and O–H groups in total. The van der Waals surface area contributed by atoms with Gasteiger partial charge in [-0.2, -0.15) is 0 Å². The smallest absolute Gasteiger partial charge is 0.253 e. The standard InChI is InChI=1S/C28H30N4O2/c1-21-15-17-22(18-16-21)27(33)31-25(28(34)32-19-9-4-10-20-32)26(29-23-11-5-2-6-12-23)30-24-13-7-3-8-14-24/h2-3,5-8,11-18,25H,4,9-10,19-20H2,1H3,(H,29,30)(H,31,33)/t25-/m1/s1. The summed E-state index contributed by atoms with van der Waals surface area (Å²) in [7, 11) is 0. The molecule has 1 fully saturated rings. The molecule has 174 valence electrons. The average Bonchev–Trinajstić information content (AvgIpc) is 2.88. The van der Waals surface area contributed by atoms with Gasteiger partial charge in [-0.05, 0) is 62.6 Å². The van der Waals surface area contributed by atoms with Gasteiger partial charge >= 0.3 is 0 Å². The lowest BCUT2D eigenvalue weighted by Crippen LogP contribution is -2.55. The number of anilines is 1. The third-order valence-corrected chi connectivity index (χ3v) is 5.83. The van der Waals surface area contributed by atoms with E-state index < -0.39 is 6.04 Å². The van der Waals surface area contributed by atoms with Gasteiger partial charge in [0.05, 0.1) is 5.69 Å². The third-order valence-electron chi connectivity index (χ3n) is 5.83. The number of para-hydroxylation sites is 2. The number of amidine groups is 1. The lowest BCUT2D eigenvalue weighted by Gasteiger charge is -2.31. The second-order valence-corrected chi connectivity index (χ2v) is 8.48.